The van der Waals surface area contributed by atoms with Gasteiger partial charge in [0.2, 0.25) is 0 Å². The average molecular weight is 644 g/mol. The van der Waals surface area contributed by atoms with Gasteiger partial charge in [-0.2, -0.15) is 0 Å². The molecule has 6 aromatic carbocycles. The highest BCUT2D eigenvalue weighted by Gasteiger charge is 2.19. The van der Waals surface area contributed by atoms with E-state index >= 15 is 0 Å². The van der Waals surface area contributed by atoms with E-state index in [9.17, 15) is 4.79 Å². The predicted molar refractivity (Wildman–Crippen MR) is 199 cm³/mol. The van der Waals surface area contributed by atoms with Crippen molar-refractivity contribution in [3.63, 3.8) is 0 Å². The van der Waals surface area contributed by atoms with Gasteiger partial charge in [-0.3, -0.25) is 9.20 Å². The number of benzene rings is 6. The van der Waals surface area contributed by atoms with Crippen molar-refractivity contribution in [2.75, 3.05) is 0 Å². The van der Waals surface area contributed by atoms with Gasteiger partial charge in [0.15, 0.2) is 17.5 Å². The molecule has 4 aromatic heterocycles. The Hall–Kier alpha value is -6.99. The Bertz CT molecular complexity index is 2950. The molecular weight excluding hydrogens is 619 g/mol. The van der Waals surface area contributed by atoms with Crippen molar-refractivity contribution in [2.24, 2.45) is 0 Å². The SMILES string of the molecule is O=c1c2ccccc2nc2c3ccccc3c(-c3ccc4oc5cccc(-c6nc(-c7ccccc7)nc(-c7ccccc7)n6)c5c4c3)cn12. The molecule has 0 N–H and O–H groups in total. The highest BCUT2D eigenvalue weighted by molar-refractivity contribution is 6.14. The maximum absolute atomic E-state index is 13.8. The first-order valence-electron chi connectivity index (χ1n) is 16.4. The van der Waals surface area contributed by atoms with Crippen molar-refractivity contribution in [1.82, 2.24) is 24.3 Å². The molecule has 50 heavy (non-hydrogen) atoms. The molecule has 0 saturated heterocycles. The number of furan rings is 1. The van der Waals surface area contributed by atoms with Gasteiger partial charge in [0.05, 0.1) is 10.9 Å². The standard InChI is InChI=1S/C43H25N5O2/c49-43-31-18-9-10-20-35(31)44-42-30-17-8-7-16-29(30)34(25-48(42)43)28-22-23-36-33(24-28)38-32(19-11-21-37(38)50-36)41-46-39(26-12-3-1-4-13-26)45-40(47-41)27-14-5-2-6-15-27/h1-25H. The quantitative estimate of drug-likeness (QED) is 0.140. The summed E-state index contributed by atoms with van der Waals surface area (Å²) in [4.78, 5) is 33.6. The van der Waals surface area contributed by atoms with Crippen LogP contribution in [0.3, 0.4) is 0 Å². The van der Waals surface area contributed by atoms with E-state index in [2.05, 4.69) is 12.1 Å². The van der Waals surface area contributed by atoms with Crippen LogP contribution in [0.2, 0.25) is 0 Å². The van der Waals surface area contributed by atoms with Crippen LogP contribution in [0, 0.1) is 0 Å². The van der Waals surface area contributed by atoms with Crippen LogP contribution in [-0.4, -0.2) is 24.3 Å². The van der Waals surface area contributed by atoms with Crippen LogP contribution in [0.25, 0.3) is 94.6 Å². The van der Waals surface area contributed by atoms with Crippen molar-refractivity contribution in [3.05, 3.63) is 162 Å². The van der Waals surface area contributed by atoms with E-state index < -0.39 is 0 Å². The summed E-state index contributed by atoms with van der Waals surface area (Å²) >= 11 is 0. The van der Waals surface area contributed by atoms with E-state index in [1.165, 1.54) is 0 Å². The number of nitrogens with zero attached hydrogens (tertiary/aromatic N) is 5. The van der Waals surface area contributed by atoms with Crippen molar-refractivity contribution in [1.29, 1.82) is 0 Å². The first-order chi connectivity index (χ1) is 24.7. The van der Waals surface area contributed by atoms with Gasteiger partial charge in [0.25, 0.3) is 5.56 Å². The molecule has 0 unspecified atom stereocenters. The van der Waals surface area contributed by atoms with Gasteiger partial charge >= 0.3 is 0 Å². The Balaban J connectivity index is 1.23. The second kappa shape index (κ2) is 11.0. The number of rotatable bonds is 4. The van der Waals surface area contributed by atoms with Gasteiger partial charge in [-0.25, -0.2) is 19.9 Å². The Labute approximate surface area is 284 Å². The van der Waals surface area contributed by atoms with Gasteiger partial charge in [-0.15, -0.1) is 0 Å². The fourth-order valence-corrected chi connectivity index (χ4v) is 6.91. The zero-order valence-corrected chi connectivity index (χ0v) is 26.5. The molecule has 0 radical (unpaired) electrons. The second-order valence-electron chi connectivity index (χ2n) is 12.2. The number of hydrogen-bond acceptors (Lipinski definition) is 6. The molecule has 234 valence electrons. The van der Waals surface area contributed by atoms with E-state index in [0.29, 0.717) is 34.0 Å². The lowest BCUT2D eigenvalue weighted by Crippen LogP contribution is -2.15. The van der Waals surface area contributed by atoms with Gasteiger partial charge in [0, 0.05) is 44.6 Å². The molecule has 0 saturated carbocycles. The van der Waals surface area contributed by atoms with E-state index in [0.717, 1.165) is 60.5 Å². The molecule has 0 amide bonds. The van der Waals surface area contributed by atoms with Crippen LogP contribution in [-0.2, 0) is 0 Å². The molecule has 7 heteroatoms. The fraction of sp³-hybridized carbons (Fsp3) is 0. The Morgan fingerprint density at radius 2 is 1.10 bits per heavy atom. The molecule has 0 fully saturated rings. The molecule has 0 aliphatic heterocycles. The molecule has 7 nitrogen and oxygen atoms in total. The smallest absolute Gasteiger partial charge is 0.265 e. The molecule has 0 aliphatic rings. The molecule has 10 rings (SSSR count). The van der Waals surface area contributed by atoms with Crippen LogP contribution in [0.5, 0.6) is 0 Å². The third kappa shape index (κ3) is 4.41. The minimum Gasteiger partial charge on any atom is -0.456 e. The third-order valence-electron chi connectivity index (χ3n) is 9.27. The van der Waals surface area contributed by atoms with Gasteiger partial charge in [-0.05, 0) is 41.3 Å². The Kier molecular flexibility index (Phi) is 6.19. The van der Waals surface area contributed by atoms with E-state index in [1.807, 2.05) is 140 Å². The molecule has 0 bridgehead atoms. The highest BCUT2D eigenvalue weighted by atomic mass is 16.3. The topological polar surface area (TPSA) is 86.2 Å². The maximum atomic E-state index is 13.8. The van der Waals surface area contributed by atoms with E-state index in [1.54, 1.807) is 4.40 Å². The van der Waals surface area contributed by atoms with Crippen LogP contribution in [0.15, 0.2) is 161 Å². The number of fused-ring (bicyclic) bond motifs is 7. The second-order valence-corrected chi connectivity index (χ2v) is 12.2. The number of hydrogen-bond donors (Lipinski definition) is 0. The number of pyridine rings is 1. The Morgan fingerprint density at radius 3 is 1.84 bits per heavy atom. The van der Waals surface area contributed by atoms with E-state index in [-0.39, 0.29) is 5.56 Å². The summed E-state index contributed by atoms with van der Waals surface area (Å²) in [5.74, 6) is 1.74. The summed E-state index contributed by atoms with van der Waals surface area (Å²) in [6.45, 7) is 0. The average Bonchev–Trinajstić information content (AvgIpc) is 3.57. The molecule has 10 aromatic rings. The maximum Gasteiger partial charge on any atom is 0.265 e. The lowest BCUT2D eigenvalue weighted by Gasteiger charge is -2.12. The zero-order chi connectivity index (χ0) is 33.2. The third-order valence-corrected chi connectivity index (χ3v) is 9.27. The molecule has 4 heterocycles. The minimum atomic E-state index is -0.104. The van der Waals surface area contributed by atoms with Crippen molar-refractivity contribution < 1.29 is 4.42 Å². The predicted octanol–water partition coefficient (Wildman–Crippen LogP) is 9.75. The van der Waals surface area contributed by atoms with Gasteiger partial charge in [0.1, 0.15) is 16.8 Å². The summed E-state index contributed by atoms with van der Waals surface area (Å²) in [6.07, 6.45) is 1.91. The summed E-state index contributed by atoms with van der Waals surface area (Å²) in [5, 5.41) is 4.30. The molecule has 0 spiro atoms. The summed E-state index contributed by atoms with van der Waals surface area (Å²) in [6, 6.07) is 47.6. The van der Waals surface area contributed by atoms with Crippen molar-refractivity contribution >= 4 is 49.3 Å². The summed E-state index contributed by atoms with van der Waals surface area (Å²) in [7, 11) is 0. The summed E-state index contributed by atoms with van der Waals surface area (Å²) < 4.78 is 8.09. The monoisotopic (exact) mass is 643 g/mol. The Morgan fingerprint density at radius 1 is 0.460 bits per heavy atom. The number of para-hydroxylation sites is 1. The van der Waals surface area contributed by atoms with E-state index in [4.69, 9.17) is 24.4 Å². The normalized spacial score (nSPS) is 11.7. The van der Waals surface area contributed by atoms with Crippen LogP contribution in [0.1, 0.15) is 0 Å². The zero-order valence-electron chi connectivity index (χ0n) is 26.5. The lowest BCUT2D eigenvalue weighted by atomic mass is 9.97. The van der Waals surface area contributed by atoms with Crippen LogP contribution < -0.4 is 5.56 Å². The highest BCUT2D eigenvalue weighted by Crippen LogP contribution is 2.39. The fourth-order valence-electron chi connectivity index (χ4n) is 6.91. The molecule has 0 aliphatic carbocycles. The number of aromatic nitrogens is 5. The first-order valence-corrected chi connectivity index (χ1v) is 16.4. The largest absolute Gasteiger partial charge is 0.456 e. The van der Waals surface area contributed by atoms with Crippen molar-refractivity contribution in [3.8, 4) is 45.3 Å². The van der Waals surface area contributed by atoms with Crippen LogP contribution in [0.4, 0.5) is 0 Å². The first kappa shape index (κ1) is 28.1. The van der Waals surface area contributed by atoms with Gasteiger partial charge in [-0.1, -0.05) is 115 Å². The minimum absolute atomic E-state index is 0.104. The lowest BCUT2D eigenvalue weighted by molar-refractivity contribution is 0.669. The molecule has 0 atom stereocenters. The molecular formula is C43H25N5O2. The summed E-state index contributed by atoms with van der Waals surface area (Å²) in [5.41, 5.74) is 7.18. The van der Waals surface area contributed by atoms with Crippen molar-refractivity contribution in [2.45, 2.75) is 0 Å². The van der Waals surface area contributed by atoms with Crippen LogP contribution >= 0.6 is 0 Å². The van der Waals surface area contributed by atoms with Gasteiger partial charge < -0.3 is 4.42 Å².